The molecule has 0 saturated heterocycles. The summed E-state index contributed by atoms with van der Waals surface area (Å²) in [5, 5.41) is 22.1. The molecule has 0 aromatic heterocycles. The topological polar surface area (TPSA) is 94.5 Å². The smallest absolute Gasteiger partial charge is 0.419 e. The Bertz CT molecular complexity index is 1100. The van der Waals surface area contributed by atoms with Crippen LogP contribution < -0.4 is 9.78 Å². The van der Waals surface area contributed by atoms with Crippen LogP contribution in [0.15, 0.2) is 48.7 Å². The minimum Gasteiger partial charge on any atom is -0.502 e. The second-order valence-electron chi connectivity index (χ2n) is 11.7. The molecule has 1 aliphatic rings. The molecular formula is C35H50O7. The molecular weight excluding hydrogens is 532 g/mol. The molecule has 2 aromatic rings. The Labute approximate surface area is 251 Å². The van der Waals surface area contributed by atoms with Crippen LogP contribution in [0.3, 0.4) is 0 Å². The molecule has 0 aliphatic heterocycles. The maximum absolute atomic E-state index is 11.7. The fraction of sp³-hybridized carbons (Fsp3) is 0.571. The van der Waals surface area contributed by atoms with Crippen LogP contribution in [0.25, 0.3) is 0 Å². The number of carbonyl (C=O) groups is 1. The third-order valence-corrected chi connectivity index (χ3v) is 8.51. The van der Waals surface area contributed by atoms with Gasteiger partial charge in [-0.15, -0.1) is 0 Å². The minimum atomic E-state index is -0.991. The molecule has 7 heteroatoms. The average molecular weight is 583 g/mol. The van der Waals surface area contributed by atoms with Crippen molar-refractivity contribution in [3.05, 3.63) is 71.0 Å². The third kappa shape index (κ3) is 10.7. The van der Waals surface area contributed by atoms with E-state index >= 15 is 0 Å². The molecule has 0 unspecified atom stereocenters. The number of unbranched alkanes of at least 4 members (excludes halogenated alkanes) is 8. The minimum absolute atomic E-state index is 0.456. The van der Waals surface area contributed by atoms with E-state index in [2.05, 4.69) is 49.7 Å². The van der Waals surface area contributed by atoms with Crippen molar-refractivity contribution in [3.63, 3.8) is 0 Å². The first-order valence-electron chi connectivity index (χ1n) is 16.0. The first-order chi connectivity index (χ1) is 20.5. The molecule has 0 heterocycles. The molecule has 2 N–H and O–H groups in total. The van der Waals surface area contributed by atoms with Crippen LogP contribution in [0.5, 0.6) is 11.5 Å². The van der Waals surface area contributed by atoms with E-state index in [4.69, 9.17) is 19.9 Å². The summed E-state index contributed by atoms with van der Waals surface area (Å²) < 4.78 is 0. The SMILES string of the molecule is C=C(O)C(=O)OOc1ccc(C2CCC(c3ccc(OOO)c(CCCCCCC)c3)CC2)cc1CCCCCCC. The van der Waals surface area contributed by atoms with E-state index in [1.807, 2.05) is 12.1 Å². The normalized spacial score (nSPS) is 16.6. The van der Waals surface area contributed by atoms with Crippen molar-refractivity contribution < 1.29 is 34.9 Å². The molecule has 1 fully saturated rings. The van der Waals surface area contributed by atoms with Gasteiger partial charge in [-0.2, -0.15) is 0 Å². The molecule has 1 aliphatic carbocycles. The molecule has 232 valence electrons. The highest BCUT2D eigenvalue weighted by molar-refractivity contribution is 5.84. The lowest BCUT2D eigenvalue weighted by molar-refractivity contribution is -0.439. The number of hydrogen-bond donors (Lipinski definition) is 2. The lowest BCUT2D eigenvalue weighted by atomic mass is 9.75. The van der Waals surface area contributed by atoms with Gasteiger partial charge in [0.2, 0.25) is 0 Å². The van der Waals surface area contributed by atoms with E-state index in [9.17, 15) is 9.90 Å². The van der Waals surface area contributed by atoms with Crippen molar-refractivity contribution >= 4 is 5.97 Å². The number of aryl methyl sites for hydroxylation is 2. The lowest BCUT2D eigenvalue weighted by Gasteiger charge is -2.30. The molecule has 0 radical (unpaired) electrons. The molecule has 0 spiro atoms. The Morgan fingerprint density at radius 3 is 1.62 bits per heavy atom. The molecule has 1 saturated carbocycles. The van der Waals surface area contributed by atoms with Crippen molar-refractivity contribution in [2.75, 3.05) is 0 Å². The fourth-order valence-electron chi connectivity index (χ4n) is 6.03. The van der Waals surface area contributed by atoms with Gasteiger partial charge in [0.15, 0.2) is 17.3 Å². The summed E-state index contributed by atoms with van der Waals surface area (Å²) in [6.07, 6.45) is 17.9. The Balaban J connectivity index is 1.65. The molecule has 0 bridgehead atoms. The van der Waals surface area contributed by atoms with Gasteiger partial charge >= 0.3 is 5.97 Å². The number of benzene rings is 2. The van der Waals surface area contributed by atoms with E-state index in [0.717, 1.165) is 68.9 Å². The standard InChI is InChI=1S/C35H50O7/c1-4-6-8-10-12-14-31-24-29(20-22-33(31)39-41-35(37)26(3)36)27-16-18-28(19-17-27)30-21-23-34(40-42-38)32(25-30)15-13-11-9-7-5-2/h20-25,27-28,36,38H,3-19H2,1-2H3. The van der Waals surface area contributed by atoms with Crippen molar-refractivity contribution in [3.8, 4) is 11.5 Å². The van der Waals surface area contributed by atoms with Crippen LogP contribution in [0.4, 0.5) is 0 Å². The van der Waals surface area contributed by atoms with Crippen LogP contribution >= 0.6 is 0 Å². The predicted molar refractivity (Wildman–Crippen MR) is 165 cm³/mol. The second-order valence-corrected chi connectivity index (χ2v) is 11.7. The molecule has 0 amide bonds. The van der Waals surface area contributed by atoms with Gasteiger partial charge in [-0.05, 0) is 109 Å². The number of aliphatic hydroxyl groups excluding tert-OH is 1. The highest BCUT2D eigenvalue weighted by Gasteiger charge is 2.25. The van der Waals surface area contributed by atoms with E-state index in [-0.39, 0.29) is 0 Å². The largest absolute Gasteiger partial charge is 0.502 e. The van der Waals surface area contributed by atoms with Crippen LogP contribution in [-0.2, 0) is 27.6 Å². The zero-order valence-corrected chi connectivity index (χ0v) is 25.6. The summed E-state index contributed by atoms with van der Waals surface area (Å²) in [5.41, 5.74) is 4.72. The van der Waals surface area contributed by atoms with Crippen LogP contribution in [0.1, 0.15) is 138 Å². The first-order valence-corrected chi connectivity index (χ1v) is 16.0. The Morgan fingerprint density at radius 2 is 1.19 bits per heavy atom. The summed E-state index contributed by atoms with van der Waals surface area (Å²) in [5.74, 6) is 0.355. The quantitative estimate of drug-likeness (QED) is 0.0559. The first kappa shape index (κ1) is 33.5. The van der Waals surface area contributed by atoms with E-state index < -0.39 is 11.7 Å². The van der Waals surface area contributed by atoms with E-state index in [0.29, 0.717) is 23.3 Å². The van der Waals surface area contributed by atoms with Gasteiger partial charge in [0, 0.05) is 0 Å². The van der Waals surface area contributed by atoms with Gasteiger partial charge in [-0.3, -0.25) is 4.89 Å². The Kier molecular flexibility index (Phi) is 14.7. The van der Waals surface area contributed by atoms with Gasteiger partial charge in [0.05, 0.1) is 0 Å². The summed E-state index contributed by atoms with van der Waals surface area (Å²) in [6.45, 7) is 7.62. The summed E-state index contributed by atoms with van der Waals surface area (Å²) >= 11 is 0. The zero-order valence-electron chi connectivity index (χ0n) is 25.6. The Morgan fingerprint density at radius 1 is 0.738 bits per heavy atom. The predicted octanol–water partition coefficient (Wildman–Crippen LogP) is 9.85. The van der Waals surface area contributed by atoms with Gasteiger partial charge in [-0.1, -0.05) is 89.5 Å². The van der Waals surface area contributed by atoms with E-state index in [1.54, 1.807) is 0 Å². The summed E-state index contributed by atoms with van der Waals surface area (Å²) in [7, 11) is 0. The van der Waals surface area contributed by atoms with Crippen molar-refractivity contribution in [2.24, 2.45) is 0 Å². The van der Waals surface area contributed by atoms with Crippen molar-refractivity contribution in [1.29, 1.82) is 0 Å². The van der Waals surface area contributed by atoms with Crippen LogP contribution in [0, 0.1) is 0 Å². The molecule has 3 rings (SSSR count). The monoisotopic (exact) mass is 582 g/mol. The summed E-state index contributed by atoms with van der Waals surface area (Å²) in [4.78, 5) is 26.8. The average Bonchev–Trinajstić information content (AvgIpc) is 3.00. The number of hydrogen-bond acceptors (Lipinski definition) is 7. The zero-order chi connectivity index (χ0) is 30.2. The number of rotatable bonds is 19. The Hall–Kier alpha value is -3.03. The highest BCUT2D eigenvalue weighted by atomic mass is 17.5. The van der Waals surface area contributed by atoms with E-state index in [1.165, 1.54) is 56.1 Å². The van der Waals surface area contributed by atoms with Crippen LogP contribution in [0.2, 0.25) is 0 Å². The van der Waals surface area contributed by atoms with Crippen LogP contribution in [-0.4, -0.2) is 16.3 Å². The molecule has 2 aromatic carbocycles. The van der Waals surface area contributed by atoms with Gasteiger partial charge in [-0.25, -0.2) is 14.9 Å². The molecule has 42 heavy (non-hydrogen) atoms. The maximum atomic E-state index is 11.7. The number of aliphatic hydroxyl groups is 1. The highest BCUT2D eigenvalue weighted by Crippen LogP contribution is 2.42. The summed E-state index contributed by atoms with van der Waals surface area (Å²) in [6, 6.07) is 12.4. The molecule has 0 atom stereocenters. The number of carbonyl (C=O) groups excluding carboxylic acids is 1. The molecule has 7 nitrogen and oxygen atoms in total. The van der Waals surface area contributed by atoms with Gasteiger partial charge < -0.3 is 9.99 Å². The lowest BCUT2D eigenvalue weighted by Crippen LogP contribution is -2.14. The fourth-order valence-corrected chi connectivity index (χ4v) is 6.03. The van der Waals surface area contributed by atoms with Crippen molar-refractivity contribution in [2.45, 2.75) is 128 Å². The second kappa shape index (κ2) is 18.5. The van der Waals surface area contributed by atoms with Gasteiger partial charge in [0.25, 0.3) is 0 Å². The third-order valence-electron chi connectivity index (χ3n) is 8.51. The maximum Gasteiger partial charge on any atom is 0.419 e. The van der Waals surface area contributed by atoms with Gasteiger partial charge in [0.1, 0.15) is 0 Å². The van der Waals surface area contributed by atoms with Crippen molar-refractivity contribution in [1.82, 2.24) is 0 Å².